The van der Waals surface area contributed by atoms with Gasteiger partial charge in [-0.25, -0.2) is 0 Å². The Hall–Kier alpha value is -1.23. The van der Waals surface area contributed by atoms with Crippen LogP contribution in [0.3, 0.4) is 0 Å². The van der Waals surface area contributed by atoms with E-state index in [1.807, 2.05) is 0 Å². The quantitative estimate of drug-likeness (QED) is 0.777. The van der Waals surface area contributed by atoms with Crippen molar-refractivity contribution >= 4 is 17.5 Å². The lowest BCUT2D eigenvalue weighted by molar-refractivity contribution is -0.137. The molecule has 2 atom stereocenters. The number of alkyl halides is 4. The maximum absolute atomic E-state index is 12.7. The topological polar surface area (TPSA) is 20.3 Å². The third kappa shape index (κ3) is 3.08. The summed E-state index contributed by atoms with van der Waals surface area (Å²) in [6.07, 6.45) is -4.00. The van der Waals surface area contributed by atoms with Gasteiger partial charge in [-0.3, -0.25) is 4.79 Å². The number of rotatable bonds is 3. The van der Waals surface area contributed by atoms with Gasteiger partial charge in [0.1, 0.15) is 0 Å². The van der Waals surface area contributed by atoms with E-state index in [1.54, 1.807) is 17.9 Å². The summed E-state index contributed by atoms with van der Waals surface area (Å²) in [6.45, 7) is 2.24. The highest BCUT2D eigenvalue weighted by molar-refractivity contribution is 6.18. The van der Waals surface area contributed by atoms with Gasteiger partial charge in [0.15, 0.2) is 0 Å². The van der Waals surface area contributed by atoms with Crippen molar-refractivity contribution in [2.75, 3.05) is 12.4 Å². The second-order valence-corrected chi connectivity index (χ2v) is 5.38. The van der Waals surface area contributed by atoms with Gasteiger partial charge < -0.3 is 4.90 Å². The molecule has 2 unspecified atom stereocenters. The van der Waals surface area contributed by atoms with Crippen LogP contribution in [-0.4, -0.2) is 23.2 Å². The van der Waals surface area contributed by atoms with Crippen molar-refractivity contribution < 1.29 is 18.0 Å². The number of hydrogen-bond acceptors (Lipinski definition) is 1. The number of likely N-dealkylation sites (tertiary alicyclic amines) is 1. The van der Waals surface area contributed by atoms with Crippen molar-refractivity contribution in [1.82, 2.24) is 4.90 Å². The monoisotopic (exact) mass is 305 g/mol. The molecule has 6 heteroatoms. The third-order valence-corrected chi connectivity index (χ3v) is 4.06. The number of carbonyl (C=O) groups excluding carboxylic acids is 1. The fraction of sp³-hybridized carbons (Fsp3) is 0.500. The fourth-order valence-corrected chi connectivity index (χ4v) is 2.65. The summed E-state index contributed by atoms with van der Waals surface area (Å²) in [5.74, 6) is 0.412. The summed E-state index contributed by atoms with van der Waals surface area (Å²) >= 11 is 5.75. The molecule has 1 amide bonds. The molecule has 110 valence electrons. The first-order valence-corrected chi connectivity index (χ1v) is 6.89. The lowest BCUT2D eigenvalue weighted by Gasteiger charge is -2.25. The number of carbonyl (C=O) groups is 1. The Kier molecular flexibility index (Phi) is 4.28. The molecule has 1 aliphatic heterocycles. The molecule has 0 radical (unpaired) electrons. The SMILES string of the molecule is CC(c1cccc(C(F)(F)F)c1)N1CC(CCl)CC1=O. The second-order valence-electron chi connectivity index (χ2n) is 5.07. The lowest BCUT2D eigenvalue weighted by Crippen LogP contribution is -2.28. The Bertz CT molecular complexity index is 503. The van der Waals surface area contributed by atoms with Crippen molar-refractivity contribution in [1.29, 1.82) is 0 Å². The third-order valence-electron chi connectivity index (χ3n) is 3.62. The van der Waals surface area contributed by atoms with Crippen molar-refractivity contribution in [3.05, 3.63) is 35.4 Å². The zero-order valence-electron chi connectivity index (χ0n) is 11.0. The highest BCUT2D eigenvalue weighted by Crippen LogP contribution is 2.33. The van der Waals surface area contributed by atoms with Crippen LogP contribution in [0.5, 0.6) is 0 Å². The van der Waals surface area contributed by atoms with E-state index >= 15 is 0 Å². The van der Waals surface area contributed by atoms with Gasteiger partial charge in [0, 0.05) is 18.8 Å². The standard InChI is InChI=1S/C14H15ClF3NO/c1-9(19-8-10(7-15)5-13(19)20)11-3-2-4-12(6-11)14(16,17)18/h2-4,6,9-10H,5,7-8H2,1H3. The van der Waals surface area contributed by atoms with Crippen LogP contribution in [0.4, 0.5) is 13.2 Å². The minimum absolute atomic E-state index is 0.0550. The number of nitrogens with zero attached hydrogens (tertiary/aromatic N) is 1. The molecule has 1 aliphatic rings. The molecular weight excluding hydrogens is 291 g/mol. The molecule has 0 aliphatic carbocycles. The lowest BCUT2D eigenvalue weighted by atomic mass is 10.0. The highest BCUT2D eigenvalue weighted by Gasteiger charge is 2.34. The molecule has 1 saturated heterocycles. The fourth-order valence-electron chi connectivity index (χ4n) is 2.44. The molecule has 1 aromatic rings. The molecule has 1 aromatic carbocycles. The molecule has 0 N–H and O–H groups in total. The Morgan fingerprint density at radius 2 is 2.15 bits per heavy atom. The van der Waals surface area contributed by atoms with E-state index < -0.39 is 11.7 Å². The van der Waals surface area contributed by atoms with Crippen LogP contribution in [-0.2, 0) is 11.0 Å². The van der Waals surface area contributed by atoms with Crippen LogP contribution in [0.25, 0.3) is 0 Å². The Balaban J connectivity index is 2.21. The zero-order chi connectivity index (χ0) is 14.9. The van der Waals surface area contributed by atoms with E-state index in [9.17, 15) is 18.0 Å². The van der Waals surface area contributed by atoms with Crippen LogP contribution in [0.2, 0.25) is 0 Å². The molecule has 2 nitrogen and oxygen atoms in total. The van der Waals surface area contributed by atoms with Crippen molar-refractivity contribution in [3.63, 3.8) is 0 Å². The van der Waals surface area contributed by atoms with Crippen LogP contribution >= 0.6 is 11.6 Å². The molecule has 1 fully saturated rings. The van der Waals surface area contributed by atoms with Gasteiger partial charge in [-0.2, -0.15) is 13.2 Å². The van der Waals surface area contributed by atoms with E-state index in [0.29, 0.717) is 24.4 Å². The Morgan fingerprint density at radius 3 is 2.70 bits per heavy atom. The summed E-state index contributed by atoms with van der Waals surface area (Å²) in [4.78, 5) is 13.5. The number of halogens is 4. The van der Waals surface area contributed by atoms with E-state index in [-0.39, 0.29) is 17.9 Å². The number of hydrogen-bond donors (Lipinski definition) is 0. The van der Waals surface area contributed by atoms with Crippen LogP contribution in [0, 0.1) is 5.92 Å². The average molecular weight is 306 g/mol. The molecule has 0 saturated carbocycles. The predicted octanol–water partition coefficient (Wildman–Crippen LogP) is 3.85. The predicted molar refractivity (Wildman–Crippen MR) is 70.4 cm³/mol. The van der Waals surface area contributed by atoms with E-state index in [0.717, 1.165) is 12.1 Å². The number of benzene rings is 1. The Labute approximate surface area is 120 Å². The molecule has 0 bridgehead atoms. The maximum atomic E-state index is 12.7. The summed E-state index contributed by atoms with van der Waals surface area (Å²) in [5, 5.41) is 0. The van der Waals surface area contributed by atoms with Gasteiger partial charge in [0.05, 0.1) is 11.6 Å². The molecule has 0 spiro atoms. The van der Waals surface area contributed by atoms with Crippen molar-refractivity contribution in [2.45, 2.75) is 25.6 Å². The van der Waals surface area contributed by atoms with Gasteiger partial charge in [-0.15, -0.1) is 11.6 Å². The summed E-state index contributed by atoms with van der Waals surface area (Å²) in [6, 6.07) is 4.74. The summed E-state index contributed by atoms with van der Waals surface area (Å²) in [7, 11) is 0. The van der Waals surface area contributed by atoms with Gasteiger partial charge in [0.2, 0.25) is 5.91 Å². The van der Waals surface area contributed by atoms with Crippen molar-refractivity contribution in [2.24, 2.45) is 5.92 Å². The molecule has 1 heterocycles. The first-order chi connectivity index (χ1) is 9.32. The highest BCUT2D eigenvalue weighted by atomic mass is 35.5. The zero-order valence-corrected chi connectivity index (χ0v) is 11.7. The first-order valence-electron chi connectivity index (χ1n) is 6.35. The van der Waals surface area contributed by atoms with Gasteiger partial charge in [-0.1, -0.05) is 12.1 Å². The van der Waals surface area contributed by atoms with Crippen LogP contribution in [0.15, 0.2) is 24.3 Å². The van der Waals surface area contributed by atoms with Gasteiger partial charge in [0.25, 0.3) is 0 Å². The molecule has 2 rings (SSSR count). The maximum Gasteiger partial charge on any atom is 0.416 e. The molecule has 20 heavy (non-hydrogen) atoms. The molecule has 0 aromatic heterocycles. The van der Waals surface area contributed by atoms with Crippen LogP contribution < -0.4 is 0 Å². The summed E-state index contributed by atoms with van der Waals surface area (Å²) < 4.78 is 38.1. The second kappa shape index (κ2) is 5.64. The number of amides is 1. The van der Waals surface area contributed by atoms with Crippen LogP contribution in [0.1, 0.15) is 30.5 Å². The van der Waals surface area contributed by atoms with Gasteiger partial charge in [-0.05, 0) is 30.5 Å². The van der Waals surface area contributed by atoms with E-state index in [1.165, 1.54) is 6.07 Å². The minimum atomic E-state index is -4.37. The van der Waals surface area contributed by atoms with E-state index in [4.69, 9.17) is 11.6 Å². The van der Waals surface area contributed by atoms with Crippen molar-refractivity contribution in [3.8, 4) is 0 Å². The van der Waals surface area contributed by atoms with Gasteiger partial charge >= 0.3 is 6.18 Å². The first kappa shape index (κ1) is 15.2. The smallest absolute Gasteiger partial charge is 0.336 e. The molecular formula is C14H15ClF3NO. The normalized spacial score (nSPS) is 21.4. The summed E-state index contributed by atoms with van der Waals surface area (Å²) in [5.41, 5.74) is -0.203. The average Bonchev–Trinajstić information content (AvgIpc) is 2.78. The Morgan fingerprint density at radius 1 is 1.45 bits per heavy atom. The van der Waals surface area contributed by atoms with E-state index in [2.05, 4.69) is 0 Å². The minimum Gasteiger partial charge on any atom is -0.336 e. The largest absolute Gasteiger partial charge is 0.416 e.